The molecule has 0 aliphatic rings. The highest BCUT2D eigenvalue weighted by Gasteiger charge is 2.24. The summed E-state index contributed by atoms with van der Waals surface area (Å²) in [5.41, 5.74) is 0.407. The predicted octanol–water partition coefficient (Wildman–Crippen LogP) is 2.92. The molecule has 0 aliphatic carbocycles. The van der Waals surface area contributed by atoms with Crippen molar-refractivity contribution in [3.8, 4) is 0 Å². The fourth-order valence-corrected chi connectivity index (χ4v) is 1.49. The minimum atomic E-state index is -0.745. The first-order valence-corrected chi connectivity index (χ1v) is 5.37. The molecule has 0 unspecified atom stereocenters. The van der Waals surface area contributed by atoms with Crippen LogP contribution >= 0.6 is 0 Å². The number of hydrogen-bond acceptors (Lipinski definition) is 2. The van der Waals surface area contributed by atoms with Gasteiger partial charge in [-0.1, -0.05) is 41.5 Å². The van der Waals surface area contributed by atoms with E-state index in [0.29, 0.717) is 5.41 Å². The van der Waals surface area contributed by atoms with Crippen LogP contribution in [-0.2, 0) is 4.79 Å². The second-order valence-electron chi connectivity index (χ2n) is 5.81. The molecule has 0 spiro atoms. The van der Waals surface area contributed by atoms with Crippen molar-refractivity contribution in [3.05, 3.63) is 0 Å². The van der Waals surface area contributed by atoms with Gasteiger partial charge in [-0.25, -0.2) is 0 Å². The van der Waals surface area contributed by atoms with Gasteiger partial charge < -0.3 is 10.2 Å². The van der Waals surface area contributed by atoms with Crippen molar-refractivity contribution in [2.24, 2.45) is 10.8 Å². The van der Waals surface area contributed by atoms with E-state index in [1.807, 2.05) is 0 Å². The minimum Gasteiger partial charge on any atom is -0.481 e. The zero-order valence-corrected chi connectivity index (χ0v) is 10.9. The van der Waals surface area contributed by atoms with E-state index in [1.54, 1.807) is 6.92 Å². The van der Waals surface area contributed by atoms with E-state index in [1.165, 1.54) is 0 Å². The van der Waals surface area contributed by atoms with E-state index in [4.69, 9.17) is 10.2 Å². The zero-order valence-electron chi connectivity index (χ0n) is 10.9. The first-order chi connectivity index (χ1) is 6.54. The second-order valence-corrected chi connectivity index (χ2v) is 5.81. The summed E-state index contributed by atoms with van der Waals surface area (Å²) in [6, 6.07) is 0. The molecular weight excluding hydrogens is 192 g/mol. The Morgan fingerprint density at radius 3 is 1.53 bits per heavy atom. The number of aliphatic carboxylic acids is 1. The van der Waals surface area contributed by atoms with Crippen LogP contribution in [0.4, 0.5) is 0 Å². The Balaban J connectivity index is 0. The van der Waals surface area contributed by atoms with Crippen molar-refractivity contribution in [1.29, 1.82) is 0 Å². The highest BCUT2D eigenvalue weighted by Crippen LogP contribution is 2.32. The third kappa shape index (κ3) is 16.1. The van der Waals surface area contributed by atoms with E-state index >= 15 is 0 Å². The Kier molecular flexibility index (Phi) is 7.67. The maximum absolute atomic E-state index is 9.37. The van der Waals surface area contributed by atoms with Gasteiger partial charge in [0, 0.05) is 13.0 Å². The van der Waals surface area contributed by atoms with Crippen LogP contribution in [0.5, 0.6) is 0 Å². The fourth-order valence-electron chi connectivity index (χ4n) is 1.49. The molecule has 92 valence electrons. The molecular formula is C12H26O3. The number of carboxylic acid groups (broad SMARTS) is 1. The Bertz CT molecular complexity index is 178. The van der Waals surface area contributed by atoms with E-state index < -0.39 is 5.97 Å². The van der Waals surface area contributed by atoms with E-state index in [0.717, 1.165) is 6.42 Å². The molecule has 0 aromatic heterocycles. The zero-order chi connectivity index (χ0) is 12.7. The third-order valence-electron chi connectivity index (χ3n) is 1.74. The molecule has 0 rings (SSSR count). The van der Waals surface area contributed by atoms with E-state index in [-0.39, 0.29) is 18.4 Å². The largest absolute Gasteiger partial charge is 0.481 e. The number of hydrogen-bond donors (Lipinski definition) is 2. The molecule has 0 aromatic carbocycles. The molecule has 0 aliphatic heterocycles. The van der Waals surface area contributed by atoms with Gasteiger partial charge >= 0.3 is 5.97 Å². The van der Waals surface area contributed by atoms with Crippen molar-refractivity contribution >= 4 is 5.97 Å². The molecule has 0 radical (unpaired) electrons. The van der Waals surface area contributed by atoms with Crippen molar-refractivity contribution in [3.63, 3.8) is 0 Å². The molecule has 3 heteroatoms. The van der Waals surface area contributed by atoms with Crippen LogP contribution in [0.3, 0.4) is 0 Å². The third-order valence-corrected chi connectivity index (χ3v) is 1.74. The van der Waals surface area contributed by atoms with Gasteiger partial charge in [-0.15, -0.1) is 0 Å². The maximum atomic E-state index is 9.37. The average molecular weight is 218 g/mol. The topological polar surface area (TPSA) is 57.5 Å². The predicted molar refractivity (Wildman–Crippen MR) is 62.9 cm³/mol. The molecule has 0 saturated heterocycles. The summed E-state index contributed by atoms with van der Waals surface area (Å²) in [4.78, 5) is 9.37. The number of carbonyl (C=O) groups is 1. The first kappa shape index (κ1) is 16.8. The average Bonchev–Trinajstić information content (AvgIpc) is 2.01. The van der Waals surface area contributed by atoms with Gasteiger partial charge in [0.1, 0.15) is 0 Å². The highest BCUT2D eigenvalue weighted by atomic mass is 16.4. The van der Waals surface area contributed by atoms with Crippen LogP contribution in [-0.4, -0.2) is 22.8 Å². The smallest absolute Gasteiger partial charge is 0.303 e. The van der Waals surface area contributed by atoms with Gasteiger partial charge in [-0.05, 0) is 17.3 Å². The minimum absolute atomic E-state index is 0.0816. The summed E-state index contributed by atoms with van der Waals surface area (Å²) >= 11 is 0. The van der Waals surface area contributed by atoms with Gasteiger partial charge in [0.05, 0.1) is 0 Å². The molecule has 2 N–H and O–H groups in total. The summed E-state index contributed by atoms with van der Waals surface area (Å²) in [6.45, 7) is 12.7. The lowest BCUT2D eigenvalue weighted by molar-refractivity contribution is -0.136. The Morgan fingerprint density at radius 1 is 1.13 bits per heavy atom. The lowest BCUT2D eigenvalue weighted by Gasteiger charge is -2.30. The quantitative estimate of drug-likeness (QED) is 0.765. The summed E-state index contributed by atoms with van der Waals surface area (Å²) in [7, 11) is 0. The van der Waals surface area contributed by atoms with Crippen molar-refractivity contribution in [2.75, 3.05) is 6.61 Å². The standard InChI is InChI=1S/C9H20O.C3H6O2/c1-8(2,3)6-9(4,5)7-10;1-2-3(4)5/h10H,6-7H2,1-5H3;2H2,1H3,(H,4,5). The molecule has 15 heavy (non-hydrogen) atoms. The molecule has 0 saturated carbocycles. The highest BCUT2D eigenvalue weighted by molar-refractivity contribution is 5.66. The first-order valence-electron chi connectivity index (χ1n) is 5.37. The molecule has 0 fully saturated rings. The van der Waals surface area contributed by atoms with Crippen molar-refractivity contribution < 1.29 is 15.0 Å². The number of aliphatic hydroxyl groups is 1. The number of aliphatic hydroxyl groups excluding tert-OH is 1. The van der Waals surface area contributed by atoms with Crippen LogP contribution in [0.2, 0.25) is 0 Å². The molecule has 0 heterocycles. The molecule has 3 nitrogen and oxygen atoms in total. The fraction of sp³-hybridized carbons (Fsp3) is 0.917. The van der Waals surface area contributed by atoms with Gasteiger partial charge in [-0.2, -0.15) is 0 Å². The Hall–Kier alpha value is -0.570. The summed E-state index contributed by atoms with van der Waals surface area (Å²) in [6.07, 6.45) is 1.29. The molecule has 0 atom stereocenters. The van der Waals surface area contributed by atoms with Crippen molar-refractivity contribution in [1.82, 2.24) is 0 Å². The molecule has 0 amide bonds. The summed E-state index contributed by atoms with van der Waals surface area (Å²) in [5.74, 6) is -0.745. The van der Waals surface area contributed by atoms with Gasteiger partial charge in [-0.3, -0.25) is 4.79 Å². The van der Waals surface area contributed by atoms with Crippen LogP contribution in [0.1, 0.15) is 54.4 Å². The van der Waals surface area contributed by atoms with Gasteiger partial charge in [0.15, 0.2) is 0 Å². The Labute approximate surface area is 93.5 Å². The summed E-state index contributed by atoms with van der Waals surface area (Å²) in [5, 5.41) is 16.7. The van der Waals surface area contributed by atoms with Crippen LogP contribution in [0, 0.1) is 10.8 Å². The number of rotatable bonds is 3. The van der Waals surface area contributed by atoms with Crippen LogP contribution < -0.4 is 0 Å². The Morgan fingerprint density at radius 2 is 1.47 bits per heavy atom. The van der Waals surface area contributed by atoms with Crippen LogP contribution in [0.15, 0.2) is 0 Å². The van der Waals surface area contributed by atoms with E-state index in [9.17, 15) is 4.79 Å². The normalized spacial score (nSPS) is 11.7. The SMILES string of the molecule is CC(C)(C)CC(C)(C)CO.CCC(=O)O. The van der Waals surface area contributed by atoms with E-state index in [2.05, 4.69) is 34.6 Å². The van der Waals surface area contributed by atoms with Crippen LogP contribution in [0.25, 0.3) is 0 Å². The lowest BCUT2D eigenvalue weighted by atomic mass is 9.77. The molecule has 0 aromatic rings. The van der Waals surface area contributed by atoms with Crippen molar-refractivity contribution in [2.45, 2.75) is 54.4 Å². The second kappa shape index (κ2) is 6.83. The number of carboxylic acids is 1. The summed E-state index contributed by atoms with van der Waals surface area (Å²) < 4.78 is 0. The lowest BCUT2D eigenvalue weighted by Crippen LogP contribution is -2.23. The molecule has 0 bridgehead atoms. The monoisotopic (exact) mass is 218 g/mol. The van der Waals surface area contributed by atoms with Gasteiger partial charge in [0.25, 0.3) is 0 Å². The van der Waals surface area contributed by atoms with Gasteiger partial charge in [0.2, 0.25) is 0 Å². The maximum Gasteiger partial charge on any atom is 0.303 e.